The minimum absolute atomic E-state index is 0.0414. The summed E-state index contributed by atoms with van der Waals surface area (Å²) in [5, 5.41) is 0. The molecule has 0 aliphatic rings. The molecular formula is C13H20O. The van der Waals surface area contributed by atoms with Gasteiger partial charge in [-0.05, 0) is 52.2 Å². The smallest absolute Gasteiger partial charge is 0.180 e. The van der Waals surface area contributed by atoms with Crippen LogP contribution in [0.15, 0.2) is 35.5 Å². The fourth-order valence-electron chi connectivity index (χ4n) is 1.01. The zero-order valence-electron chi connectivity index (χ0n) is 9.68. The molecule has 0 aromatic heterocycles. The van der Waals surface area contributed by atoms with Crippen molar-refractivity contribution in [3.05, 3.63) is 35.5 Å². The Morgan fingerprint density at radius 2 is 1.79 bits per heavy atom. The average Bonchev–Trinajstić information content (AvgIpc) is 2.02. The highest BCUT2D eigenvalue weighted by atomic mass is 16.1. The maximum atomic E-state index is 11.3. The summed E-state index contributed by atoms with van der Waals surface area (Å²) in [5.41, 5.74) is 3.05. The van der Waals surface area contributed by atoms with Gasteiger partial charge in [0.2, 0.25) is 0 Å². The average molecular weight is 192 g/mol. The molecule has 1 heteroatoms. The molecule has 0 N–H and O–H groups in total. The molecule has 0 unspecified atom stereocenters. The first-order valence-corrected chi connectivity index (χ1v) is 4.94. The molecule has 0 saturated carbocycles. The van der Waals surface area contributed by atoms with Crippen molar-refractivity contribution in [1.29, 1.82) is 0 Å². The van der Waals surface area contributed by atoms with Crippen molar-refractivity contribution in [2.24, 2.45) is 0 Å². The Balaban J connectivity index is 4.08. The fraction of sp³-hybridized carbons (Fsp3) is 0.462. The van der Waals surface area contributed by atoms with E-state index in [-0.39, 0.29) is 5.78 Å². The van der Waals surface area contributed by atoms with Crippen molar-refractivity contribution in [3.63, 3.8) is 0 Å². The number of carbonyl (C=O) groups is 1. The third kappa shape index (κ3) is 6.41. The van der Waals surface area contributed by atoms with Gasteiger partial charge >= 0.3 is 0 Å². The lowest BCUT2D eigenvalue weighted by molar-refractivity contribution is -0.111. The van der Waals surface area contributed by atoms with Crippen molar-refractivity contribution >= 4 is 5.78 Å². The Kier molecular flexibility index (Phi) is 5.86. The summed E-state index contributed by atoms with van der Waals surface area (Å²) in [6, 6.07) is 0. The molecule has 0 aliphatic heterocycles. The quantitative estimate of drug-likeness (QED) is 0.478. The molecule has 0 fully saturated rings. The van der Waals surface area contributed by atoms with E-state index in [2.05, 4.69) is 26.5 Å². The third-order valence-electron chi connectivity index (χ3n) is 1.89. The molecule has 0 aromatic rings. The van der Waals surface area contributed by atoms with Crippen LogP contribution in [-0.4, -0.2) is 5.78 Å². The largest absolute Gasteiger partial charge is 0.290 e. The van der Waals surface area contributed by atoms with E-state index >= 15 is 0 Å². The number of ketones is 1. The van der Waals surface area contributed by atoms with Crippen LogP contribution >= 0.6 is 0 Å². The number of carbonyl (C=O) groups excluding carboxylic acids is 1. The van der Waals surface area contributed by atoms with Crippen LogP contribution in [0.3, 0.4) is 0 Å². The fourth-order valence-corrected chi connectivity index (χ4v) is 1.01. The minimum Gasteiger partial charge on any atom is -0.290 e. The highest BCUT2D eigenvalue weighted by molar-refractivity contribution is 6.03. The molecule has 0 heterocycles. The summed E-state index contributed by atoms with van der Waals surface area (Å²) < 4.78 is 0. The second kappa shape index (κ2) is 6.36. The first-order valence-electron chi connectivity index (χ1n) is 4.94. The van der Waals surface area contributed by atoms with Gasteiger partial charge in [0, 0.05) is 0 Å². The van der Waals surface area contributed by atoms with E-state index < -0.39 is 0 Å². The van der Waals surface area contributed by atoms with E-state index in [1.54, 1.807) is 13.0 Å². The van der Waals surface area contributed by atoms with Gasteiger partial charge in [-0.1, -0.05) is 23.8 Å². The lowest BCUT2D eigenvalue weighted by Crippen LogP contribution is -1.94. The zero-order valence-corrected chi connectivity index (χ0v) is 9.68. The molecule has 0 saturated heterocycles. The molecule has 0 aliphatic carbocycles. The number of rotatable bonds is 5. The Morgan fingerprint density at radius 1 is 1.21 bits per heavy atom. The van der Waals surface area contributed by atoms with Crippen LogP contribution in [0, 0.1) is 0 Å². The SMILES string of the molecule is C=C(C)C(=O)/C=C(\C)CCC=C(C)C. The lowest BCUT2D eigenvalue weighted by Gasteiger charge is -1.98. The van der Waals surface area contributed by atoms with Crippen LogP contribution in [0.2, 0.25) is 0 Å². The van der Waals surface area contributed by atoms with Crippen LogP contribution in [0.25, 0.3) is 0 Å². The molecule has 0 bridgehead atoms. The lowest BCUT2D eigenvalue weighted by atomic mass is 10.1. The first kappa shape index (κ1) is 12.9. The number of hydrogen-bond donors (Lipinski definition) is 0. The van der Waals surface area contributed by atoms with E-state index in [0.29, 0.717) is 5.57 Å². The summed E-state index contributed by atoms with van der Waals surface area (Å²) in [5.74, 6) is 0.0414. The van der Waals surface area contributed by atoms with E-state index in [1.165, 1.54) is 5.57 Å². The molecule has 0 amide bonds. The Bertz CT molecular complexity index is 276. The third-order valence-corrected chi connectivity index (χ3v) is 1.89. The summed E-state index contributed by atoms with van der Waals surface area (Å²) >= 11 is 0. The highest BCUT2D eigenvalue weighted by Gasteiger charge is 1.98. The maximum absolute atomic E-state index is 11.3. The van der Waals surface area contributed by atoms with Gasteiger partial charge in [0.15, 0.2) is 5.78 Å². The van der Waals surface area contributed by atoms with E-state index in [1.807, 2.05) is 6.92 Å². The second-order valence-electron chi connectivity index (χ2n) is 3.96. The van der Waals surface area contributed by atoms with Crippen LogP contribution in [-0.2, 0) is 4.79 Å². The first-order chi connectivity index (χ1) is 6.43. The van der Waals surface area contributed by atoms with Crippen molar-refractivity contribution in [1.82, 2.24) is 0 Å². The van der Waals surface area contributed by atoms with Gasteiger partial charge in [-0.15, -0.1) is 0 Å². The van der Waals surface area contributed by atoms with Crippen LogP contribution < -0.4 is 0 Å². The van der Waals surface area contributed by atoms with Gasteiger partial charge in [0.25, 0.3) is 0 Å². The van der Waals surface area contributed by atoms with E-state index in [9.17, 15) is 4.79 Å². The summed E-state index contributed by atoms with van der Waals surface area (Å²) in [6.07, 6.45) is 5.82. The Labute approximate surface area is 87.2 Å². The Hall–Kier alpha value is -1.11. The predicted molar refractivity (Wildman–Crippen MR) is 62.2 cm³/mol. The van der Waals surface area contributed by atoms with Gasteiger partial charge in [0.05, 0.1) is 0 Å². The monoisotopic (exact) mass is 192 g/mol. The summed E-state index contributed by atoms with van der Waals surface area (Å²) in [7, 11) is 0. The molecule has 0 rings (SSSR count). The predicted octanol–water partition coefficient (Wildman–Crippen LogP) is 3.82. The molecule has 14 heavy (non-hydrogen) atoms. The number of hydrogen-bond acceptors (Lipinski definition) is 1. The van der Waals surface area contributed by atoms with E-state index in [0.717, 1.165) is 18.4 Å². The molecule has 0 spiro atoms. The van der Waals surface area contributed by atoms with Crippen molar-refractivity contribution in [2.75, 3.05) is 0 Å². The zero-order chi connectivity index (χ0) is 11.1. The van der Waals surface area contributed by atoms with Crippen LogP contribution in [0.4, 0.5) is 0 Å². The van der Waals surface area contributed by atoms with Crippen LogP contribution in [0.1, 0.15) is 40.5 Å². The van der Waals surface area contributed by atoms with Crippen LogP contribution in [0.5, 0.6) is 0 Å². The molecule has 0 radical (unpaired) electrons. The maximum Gasteiger partial charge on any atom is 0.180 e. The standard InChI is InChI=1S/C13H20O/c1-10(2)7-6-8-12(5)9-13(14)11(3)4/h7,9H,3,6,8H2,1-2,4-5H3/b12-9+. The van der Waals surface area contributed by atoms with Gasteiger partial charge in [-0.25, -0.2) is 0 Å². The van der Waals surface area contributed by atoms with Crippen molar-refractivity contribution in [3.8, 4) is 0 Å². The summed E-state index contributed by atoms with van der Waals surface area (Å²) in [6.45, 7) is 11.5. The summed E-state index contributed by atoms with van der Waals surface area (Å²) in [4.78, 5) is 11.3. The van der Waals surface area contributed by atoms with Gasteiger partial charge < -0.3 is 0 Å². The second-order valence-corrected chi connectivity index (χ2v) is 3.96. The molecule has 1 nitrogen and oxygen atoms in total. The van der Waals surface area contributed by atoms with Crippen molar-refractivity contribution in [2.45, 2.75) is 40.5 Å². The van der Waals surface area contributed by atoms with Gasteiger partial charge in [-0.2, -0.15) is 0 Å². The minimum atomic E-state index is 0.0414. The van der Waals surface area contributed by atoms with Gasteiger partial charge in [-0.3, -0.25) is 4.79 Å². The van der Waals surface area contributed by atoms with Crippen molar-refractivity contribution < 1.29 is 4.79 Å². The Morgan fingerprint density at radius 3 is 2.21 bits per heavy atom. The van der Waals surface area contributed by atoms with E-state index in [4.69, 9.17) is 0 Å². The highest BCUT2D eigenvalue weighted by Crippen LogP contribution is 2.07. The topological polar surface area (TPSA) is 17.1 Å². The number of allylic oxidation sites excluding steroid dienone is 5. The van der Waals surface area contributed by atoms with Gasteiger partial charge in [0.1, 0.15) is 0 Å². The normalized spacial score (nSPS) is 11.0. The molecular weight excluding hydrogens is 172 g/mol. The molecule has 78 valence electrons. The molecule has 0 atom stereocenters. The molecule has 0 aromatic carbocycles.